The van der Waals surface area contributed by atoms with E-state index < -0.39 is 0 Å². The number of nitrogens with zero attached hydrogens (tertiary/aromatic N) is 1. The lowest BCUT2D eigenvalue weighted by molar-refractivity contribution is 0.0943. The van der Waals surface area contributed by atoms with Crippen LogP contribution < -0.4 is 5.32 Å². The Morgan fingerprint density at radius 3 is 2.26 bits per heavy atom. The number of rotatable bonds is 6. The van der Waals surface area contributed by atoms with E-state index in [1.807, 2.05) is 42.5 Å². The highest BCUT2D eigenvalue weighted by atomic mass is 16.1. The van der Waals surface area contributed by atoms with Crippen LogP contribution >= 0.6 is 0 Å². The Labute approximate surface area is 202 Å². The van der Waals surface area contributed by atoms with Gasteiger partial charge in [0, 0.05) is 25.2 Å². The normalized spacial score (nSPS) is 14.3. The van der Waals surface area contributed by atoms with Gasteiger partial charge in [0.25, 0.3) is 5.91 Å². The molecule has 1 heterocycles. The van der Waals surface area contributed by atoms with Gasteiger partial charge < -0.3 is 5.32 Å². The summed E-state index contributed by atoms with van der Waals surface area (Å²) in [6.45, 7) is 5.03. The molecule has 0 aromatic heterocycles. The molecule has 0 saturated carbocycles. The first-order chi connectivity index (χ1) is 16.7. The van der Waals surface area contributed by atoms with Crippen LogP contribution in [-0.4, -0.2) is 17.4 Å². The highest BCUT2D eigenvalue weighted by molar-refractivity contribution is 5.94. The summed E-state index contributed by atoms with van der Waals surface area (Å²) >= 11 is 0. The lowest BCUT2D eigenvalue weighted by Gasteiger charge is -2.28. The number of amides is 1. The Morgan fingerprint density at radius 2 is 1.50 bits per heavy atom. The first-order valence-electron chi connectivity index (χ1n) is 12.0. The zero-order valence-electron chi connectivity index (χ0n) is 19.6. The Bertz CT molecular complexity index is 1260. The summed E-state index contributed by atoms with van der Waals surface area (Å²) in [4.78, 5) is 15.7. The van der Waals surface area contributed by atoms with E-state index in [1.165, 1.54) is 16.7 Å². The molecule has 0 unspecified atom stereocenters. The summed E-state index contributed by atoms with van der Waals surface area (Å²) in [5.41, 5.74) is 8.16. The van der Waals surface area contributed by atoms with Crippen molar-refractivity contribution in [2.24, 2.45) is 0 Å². The van der Waals surface area contributed by atoms with Gasteiger partial charge in [0.2, 0.25) is 0 Å². The van der Waals surface area contributed by atoms with Gasteiger partial charge in [-0.2, -0.15) is 0 Å². The molecule has 1 amide bonds. The van der Waals surface area contributed by atoms with Crippen LogP contribution in [0.1, 0.15) is 49.8 Å². The van der Waals surface area contributed by atoms with E-state index >= 15 is 0 Å². The average Bonchev–Trinajstić information content (AvgIpc) is 2.88. The van der Waals surface area contributed by atoms with Crippen molar-refractivity contribution in [3.63, 3.8) is 0 Å². The summed E-state index contributed by atoms with van der Waals surface area (Å²) in [5, 5.41) is 3.27. The maximum atomic E-state index is 13.2. The molecule has 0 fully saturated rings. The minimum atomic E-state index is -0.192. The molecule has 5 rings (SSSR count). The Kier molecular flexibility index (Phi) is 6.55. The second-order valence-corrected chi connectivity index (χ2v) is 9.10. The predicted molar refractivity (Wildman–Crippen MR) is 138 cm³/mol. The number of hydrogen-bond acceptors (Lipinski definition) is 2. The Hall–Kier alpha value is -3.69. The molecule has 4 aromatic rings. The van der Waals surface area contributed by atoms with Crippen LogP contribution in [0.2, 0.25) is 0 Å². The van der Waals surface area contributed by atoms with Gasteiger partial charge in [0.05, 0.1) is 6.04 Å². The summed E-state index contributed by atoms with van der Waals surface area (Å²) < 4.78 is 0. The number of fused-ring (bicyclic) bond motifs is 1. The first-order valence-corrected chi connectivity index (χ1v) is 12.0. The molecule has 1 atom stereocenters. The zero-order valence-corrected chi connectivity index (χ0v) is 19.6. The van der Waals surface area contributed by atoms with Crippen molar-refractivity contribution in [3.05, 3.63) is 142 Å². The molecule has 0 spiro atoms. The van der Waals surface area contributed by atoms with Crippen LogP contribution in [0.3, 0.4) is 0 Å². The Morgan fingerprint density at radius 1 is 0.824 bits per heavy atom. The van der Waals surface area contributed by atoms with Gasteiger partial charge in [-0.3, -0.25) is 9.69 Å². The molecule has 1 aliphatic rings. The lowest BCUT2D eigenvalue weighted by Crippen LogP contribution is -2.30. The van der Waals surface area contributed by atoms with E-state index in [9.17, 15) is 4.79 Å². The van der Waals surface area contributed by atoms with E-state index in [0.29, 0.717) is 5.56 Å². The highest BCUT2D eigenvalue weighted by Crippen LogP contribution is 2.25. The molecule has 1 aliphatic heterocycles. The van der Waals surface area contributed by atoms with Crippen molar-refractivity contribution in [1.82, 2.24) is 10.2 Å². The minimum absolute atomic E-state index is 0.0597. The number of benzene rings is 4. The minimum Gasteiger partial charge on any atom is -0.341 e. The fourth-order valence-electron chi connectivity index (χ4n) is 4.82. The van der Waals surface area contributed by atoms with Gasteiger partial charge in [-0.1, -0.05) is 91.0 Å². The zero-order chi connectivity index (χ0) is 23.3. The number of nitrogens with one attached hydrogen (secondary N) is 1. The van der Waals surface area contributed by atoms with Crippen LogP contribution in [0.4, 0.5) is 0 Å². The van der Waals surface area contributed by atoms with E-state index in [4.69, 9.17) is 0 Å². The van der Waals surface area contributed by atoms with Gasteiger partial charge in [-0.15, -0.1) is 0 Å². The standard InChI is InChI=1S/C31H30N2O/c1-23-9-5-8-14-29(23)30(26-11-3-2-4-12-26)32-31(34)27-17-15-24(16-18-27)21-33-20-19-25-10-6-7-13-28(25)22-33/h2-18,30H,19-22H2,1H3,(H,32,34)/t30-/m1/s1. The van der Waals surface area contributed by atoms with E-state index in [1.54, 1.807) is 0 Å². The first kappa shape index (κ1) is 22.1. The third kappa shape index (κ3) is 4.95. The average molecular weight is 447 g/mol. The van der Waals surface area contributed by atoms with Crippen LogP contribution in [0, 0.1) is 6.92 Å². The maximum absolute atomic E-state index is 13.2. The van der Waals surface area contributed by atoms with E-state index in [2.05, 4.69) is 77.8 Å². The molecular formula is C31H30N2O. The number of aryl methyl sites for hydroxylation is 1. The molecule has 3 nitrogen and oxygen atoms in total. The quantitative estimate of drug-likeness (QED) is 0.390. The van der Waals surface area contributed by atoms with Gasteiger partial charge in [-0.05, 0) is 58.9 Å². The molecule has 4 aromatic carbocycles. The van der Waals surface area contributed by atoms with Gasteiger partial charge >= 0.3 is 0 Å². The lowest BCUT2D eigenvalue weighted by atomic mass is 9.94. The van der Waals surface area contributed by atoms with Gasteiger partial charge in [0.1, 0.15) is 0 Å². The number of hydrogen-bond donors (Lipinski definition) is 1. The third-order valence-corrected chi connectivity index (χ3v) is 6.74. The van der Waals surface area contributed by atoms with Crippen molar-refractivity contribution >= 4 is 5.91 Å². The largest absolute Gasteiger partial charge is 0.341 e. The monoisotopic (exact) mass is 446 g/mol. The molecule has 34 heavy (non-hydrogen) atoms. The molecule has 0 radical (unpaired) electrons. The van der Waals surface area contributed by atoms with Crippen LogP contribution in [0.25, 0.3) is 0 Å². The number of carbonyl (C=O) groups is 1. The summed E-state index contributed by atoms with van der Waals surface area (Å²) in [7, 11) is 0. The SMILES string of the molecule is Cc1ccccc1[C@H](NC(=O)c1ccc(CN2CCc3ccccc3C2)cc1)c1ccccc1. The summed E-state index contributed by atoms with van der Waals surface area (Å²) in [5.74, 6) is -0.0597. The summed E-state index contributed by atoms with van der Waals surface area (Å²) in [6, 6.07) is 35.0. The smallest absolute Gasteiger partial charge is 0.252 e. The fourth-order valence-corrected chi connectivity index (χ4v) is 4.82. The molecule has 1 N–H and O–H groups in total. The molecule has 0 aliphatic carbocycles. The molecule has 0 saturated heterocycles. The predicted octanol–water partition coefficient (Wildman–Crippen LogP) is 6.07. The van der Waals surface area contributed by atoms with E-state index in [0.717, 1.165) is 42.7 Å². The second-order valence-electron chi connectivity index (χ2n) is 9.10. The van der Waals surface area contributed by atoms with Crippen molar-refractivity contribution < 1.29 is 4.79 Å². The van der Waals surface area contributed by atoms with Gasteiger partial charge in [-0.25, -0.2) is 0 Å². The van der Waals surface area contributed by atoms with Gasteiger partial charge in [0.15, 0.2) is 0 Å². The number of carbonyl (C=O) groups excluding carboxylic acids is 1. The molecular weight excluding hydrogens is 416 g/mol. The fraction of sp³-hybridized carbons (Fsp3) is 0.194. The van der Waals surface area contributed by atoms with Crippen molar-refractivity contribution in [2.45, 2.75) is 32.5 Å². The summed E-state index contributed by atoms with van der Waals surface area (Å²) in [6.07, 6.45) is 1.09. The molecule has 3 heteroatoms. The second kappa shape index (κ2) is 10.1. The third-order valence-electron chi connectivity index (χ3n) is 6.74. The highest BCUT2D eigenvalue weighted by Gasteiger charge is 2.20. The molecule has 0 bridgehead atoms. The van der Waals surface area contributed by atoms with Crippen molar-refractivity contribution in [3.8, 4) is 0 Å². The maximum Gasteiger partial charge on any atom is 0.252 e. The van der Waals surface area contributed by atoms with Crippen LogP contribution in [0.5, 0.6) is 0 Å². The Balaban J connectivity index is 1.29. The van der Waals surface area contributed by atoms with Crippen LogP contribution in [-0.2, 0) is 19.5 Å². The topological polar surface area (TPSA) is 32.3 Å². The van der Waals surface area contributed by atoms with E-state index in [-0.39, 0.29) is 11.9 Å². The van der Waals surface area contributed by atoms with Crippen molar-refractivity contribution in [2.75, 3.05) is 6.54 Å². The van der Waals surface area contributed by atoms with Crippen LogP contribution in [0.15, 0.2) is 103 Å². The molecule has 170 valence electrons. The van der Waals surface area contributed by atoms with Crippen molar-refractivity contribution in [1.29, 1.82) is 0 Å².